The number of aliphatic hydroxyl groups is 1. The van der Waals surface area contributed by atoms with Crippen LogP contribution >= 0.6 is 0 Å². The summed E-state index contributed by atoms with van der Waals surface area (Å²) in [7, 11) is 0. The van der Waals surface area contributed by atoms with Gasteiger partial charge in [-0.05, 0) is 6.92 Å². The summed E-state index contributed by atoms with van der Waals surface area (Å²) in [5.41, 5.74) is -1.06. The van der Waals surface area contributed by atoms with Crippen LogP contribution in [0.2, 0.25) is 0 Å². The van der Waals surface area contributed by atoms with Gasteiger partial charge < -0.3 is 9.84 Å². The van der Waals surface area contributed by atoms with Crippen molar-refractivity contribution < 1.29 is 31.8 Å². The molecule has 0 fully saturated rings. The maximum Gasteiger partial charge on any atom is 0.574 e. The average molecular weight is 257 g/mol. The lowest BCUT2D eigenvalue weighted by molar-refractivity contribution is -0.276. The van der Waals surface area contributed by atoms with Gasteiger partial charge in [-0.15, -0.1) is 13.2 Å². The van der Waals surface area contributed by atoms with E-state index in [-0.39, 0.29) is 11.3 Å². The minimum atomic E-state index is -5.00. The second kappa shape index (κ2) is 4.82. The monoisotopic (exact) mass is 257 g/mol. The van der Waals surface area contributed by atoms with Crippen molar-refractivity contribution in [1.82, 2.24) is 4.98 Å². The Morgan fingerprint density at radius 3 is 2.41 bits per heavy atom. The molecule has 0 aliphatic carbocycles. The van der Waals surface area contributed by atoms with Crippen LogP contribution in [0.4, 0.5) is 22.0 Å². The summed E-state index contributed by atoms with van der Waals surface area (Å²) >= 11 is 0. The Labute approximate surface area is 92.8 Å². The number of pyridine rings is 1. The highest BCUT2D eigenvalue weighted by Crippen LogP contribution is 2.30. The Balaban J connectivity index is 3.20. The smallest absolute Gasteiger partial charge is 0.392 e. The van der Waals surface area contributed by atoms with E-state index in [9.17, 15) is 22.0 Å². The van der Waals surface area contributed by atoms with Crippen LogP contribution < -0.4 is 4.74 Å². The number of aromatic nitrogens is 1. The van der Waals surface area contributed by atoms with Crippen molar-refractivity contribution in [3.8, 4) is 5.88 Å². The standard InChI is InChI=1S/C9H8F5NO2/c1-4-6(3-16)5(8(10)11)2-7(15-4)17-9(12,13)14/h2,8,16H,3H2,1H3. The Morgan fingerprint density at radius 1 is 1.41 bits per heavy atom. The van der Waals surface area contributed by atoms with Gasteiger partial charge >= 0.3 is 6.36 Å². The molecule has 0 aliphatic rings. The van der Waals surface area contributed by atoms with Crippen molar-refractivity contribution in [3.63, 3.8) is 0 Å². The molecule has 0 atom stereocenters. The summed E-state index contributed by atoms with van der Waals surface area (Å²) in [6.07, 6.45) is -8.02. The van der Waals surface area contributed by atoms with Crippen LogP contribution in [0.1, 0.15) is 23.2 Å². The van der Waals surface area contributed by atoms with E-state index < -0.39 is 30.8 Å². The van der Waals surface area contributed by atoms with E-state index in [2.05, 4.69) is 9.72 Å². The van der Waals surface area contributed by atoms with Crippen molar-refractivity contribution in [1.29, 1.82) is 0 Å². The van der Waals surface area contributed by atoms with Crippen molar-refractivity contribution in [2.24, 2.45) is 0 Å². The van der Waals surface area contributed by atoms with Crippen LogP contribution in [-0.2, 0) is 6.61 Å². The van der Waals surface area contributed by atoms with E-state index in [1.54, 1.807) is 0 Å². The molecule has 96 valence electrons. The number of hydrogen-bond donors (Lipinski definition) is 1. The number of aliphatic hydroxyl groups excluding tert-OH is 1. The molecule has 1 aromatic rings. The molecule has 3 nitrogen and oxygen atoms in total. The molecule has 0 radical (unpaired) electrons. The number of aryl methyl sites for hydroxylation is 1. The van der Waals surface area contributed by atoms with Crippen molar-refractivity contribution in [2.75, 3.05) is 0 Å². The minimum Gasteiger partial charge on any atom is -0.392 e. The lowest BCUT2D eigenvalue weighted by Crippen LogP contribution is -2.18. The van der Waals surface area contributed by atoms with Crippen LogP contribution in [-0.4, -0.2) is 16.5 Å². The van der Waals surface area contributed by atoms with Crippen molar-refractivity contribution in [2.45, 2.75) is 26.3 Å². The average Bonchev–Trinajstić information content (AvgIpc) is 2.13. The van der Waals surface area contributed by atoms with E-state index in [1.807, 2.05) is 0 Å². The molecule has 0 saturated heterocycles. The second-order valence-electron chi connectivity index (χ2n) is 3.12. The van der Waals surface area contributed by atoms with Gasteiger partial charge in [0.05, 0.1) is 6.61 Å². The summed E-state index contributed by atoms with van der Waals surface area (Å²) in [6.45, 7) is 0.478. The van der Waals surface area contributed by atoms with Crippen LogP contribution in [0.3, 0.4) is 0 Å². The molecule has 0 bridgehead atoms. The summed E-state index contributed by atoms with van der Waals surface area (Å²) in [5.74, 6) is -0.970. The first-order valence-electron chi connectivity index (χ1n) is 4.39. The summed E-state index contributed by atoms with van der Waals surface area (Å²) in [4.78, 5) is 3.34. The summed E-state index contributed by atoms with van der Waals surface area (Å²) in [6, 6.07) is 0.469. The van der Waals surface area contributed by atoms with Gasteiger partial charge in [0.15, 0.2) is 0 Å². The fourth-order valence-corrected chi connectivity index (χ4v) is 1.27. The van der Waals surface area contributed by atoms with Gasteiger partial charge in [0.25, 0.3) is 6.43 Å². The number of halogens is 5. The van der Waals surface area contributed by atoms with Crippen LogP contribution in [0.25, 0.3) is 0 Å². The molecule has 1 rings (SSSR count). The first kappa shape index (κ1) is 13.6. The molecule has 0 amide bonds. The molecular formula is C9H8F5NO2. The predicted octanol–water partition coefficient (Wildman–Crippen LogP) is 2.72. The van der Waals surface area contributed by atoms with Gasteiger partial charge in [-0.3, -0.25) is 0 Å². The van der Waals surface area contributed by atoms with Gasteiger partial charge in [-0.25, -0.2) is 13.8 Å². The van der Waals surface area contributed by atoms with Crippen LogP contribution in [0.15, 0.2) is 6.07 Å². The number of ether oxygens (including phenoxy) is 1. The van der Waals surface area contributed by atoms with Gasteiger partial charge in [0.2, 0.25) is 5.88 Å². The van der Waals surface area contributed by atoms with Crippen LogP contribution in [0, 0.1) is 6.92 Å². The van der Waals surface area contributed by atoms with Gasteiger partial charge in [0.1, 0.15) is 0 Å². The predicted molar refractivity (Wildman–Crippen MR) is 46.5 cm³/mol. The number of nitrogens with zero attached hydrogens (tertiary/aromatic N) is 1. The number of alkyl halides is 5. The number of rotatable bonds is 3. The fourth-order valence-electron chi connectivity index (χ4n) is 1.27. The van der Waals surface area contributed by atoms with E-state index in [0.29, 0.717) is 6.07 Å². The molecule has 1 aromatic heterocycles. The highest BCUT2D eigenvalue weighted by atomic mass is 19.4. The Bertz CT molecular complexity index is 405. The molecule has 0 aliphatic heterocycles. The van der Waals surface area contributed by atoms with Gasteiger partial charge in [-0.1, -0.05) is 0 Å². The quantitative estimate of drug-likeness (QED) is 0.846. The van der Waals surface area contributed by atoms with Crippen LogP contribution in [0.5, 0.6) is 5.88 Å². The maximum absolute atomic E-state index is 12.5. The first-order valence-corrected chi connectivity index (χ1v) is 4.39. The fraction of sp³-hybridized carbons (Fsp3) is 0.444. The molecule has 1 heterocycles. The SMILES string of the molecule is Cc1nc(OC(F)(F)F)cc(C(F)F)c1CO. The Hall–Kier alpha value is -1.44. The highest BCUT2D eigenvalue weighted by molar-refractivity contribution is 5.35. The molecular weight excluding hydrogens is 249 g/mol. The Morgan fingerprint density at radius 2 is 2.00 bits per heavy atom. The first-order chi connectivity index (χ1) is 7.74. The van der Waals surface area contributed by atoms with Crippen molar-refractivity contribution in [3.05, 3.63) is 22.9 Å². The molecule has 0 aromatic carbocycles. The van der Waals surface area contributed by atoms with E-state index in [0.717, 1.165) is 0 Å². The molecule has 0 unspecified atom stereocenters. The maximum atomic E-state index is 12.5. The third-order valence-electron chi connectivity index (χ3n) is 1.96. The van der Waals surface area contributed by atoms with Gasteiger partial charge in [-0.2, -0.15) is 0 Å². The molecule has 0 spiro atoms. The minimum absolute atomic E-state index is 0.135. The van der Waals surface area contributed by atoms with E-state index in [4.69, 9.17) is 5.11 Å². The normalized spacial score (nSPS) is 12.0. The Kier molecular flexibility index (Phi) is 3.87. The highest BCUT2D eigenvalue weighted by Gasteiger charge is 2.32. The van der Waals surface area contributed by atoms with Gasteiger partial charge in [0, 0.05) is 22.9 Å². The zero-order chi connectivity index (χ0) is 13.2. The van der Waals surface area contributed by atoms with E-state index >= 15 is 0 Å². The topological polar surface area (TPSA) is 42.4 Å². The summed E-state index contributed by atoms with van der Waals surface area (Å²) in [5, 5.41) is 8.84. The molecule has 8 heteroatoms. The molecule has 1 N–H and O–H groups in total. The van der Waals surface area contributed by atoms with Crippen molar-refractivity contribution >= 4 is 0 Å². The number of hydrogen-bond acceptors (Lipinski definition) is 3. The largest absolute Gasteiger partial charge is 0.574 e. The summed E-state index contributed by atoms with van der Waals surface area (Å²) < 4.78 is 64.2. The lowest BCUT2D eigenvalue weighted by Gasteiger charge is -2.13. The second-order valence-corrected chi connectivity index (χ2v) is 3.12. The third-order valence-corrected chi connectivity index (χ3v) is 1.96. The third kappa shape index (κ3) is 3.52. The molecule has 17 heavy (non-hydrogen) atoms. The zero-order valence-corrected chi connectivity index (χ0v) is 8.55. The zero-order valence-electron chi connectivity index (χ0n) is 8.55. The lowest BCUT2D eigenvalue weighted by atomic mass is 10.1. The molecule has 0 saturated carbocycles. The van der Waals surface area contributed by atoms with E-state index in [1.165, 1.54) is 6.92 Å².